The minimum Gasteiger partial charge on any atom is -0.476 e. The molecule has 6 N–H and O–H groups in total. The van der Waals surface area contributed by atoms with Crippen LogP contribution in [-0.4, -0.2) is 96.4 Å². The van der Waals surface area contributed by atoms with Crippen LogP contribution in [0.5, 0.6) is 0 Å². The van der Waals surface area contributed by atoms with Crippen LogP contribution in [0.4, 0.5) is 9.52 Å². The highest BCUT2D eigenvalue weighted by Crippen LogP contribution is 2.52. The third-order valence-corrected chi connectivity index (χ3v) is 10.1. The highest BCUT2D eigenvalue weighted by atomic mass is 32.2. The summed E-state index contributed by atoms with van der Waals surface area (Å²) in [6.07, 6.45) is 1.69. The van der Waals surface area contributed by atoms with Crippen LogP contribution in [0.25, 0.3) is 0 Å². The highest BCUT2D eigenvalue weighted by Gasteiger charge is 2.66. The van der Waals surface area contributed by atoms with E-state index in [9.17, 15) is 28.7 Å². The number of fused-ring (bicyclic) bond motifs is 4. The summed E-state index contributed by atoms with van der Waals surface area (Å²) in [7, 11) is 0. The summed E-state index contributed by atoms with van der Waals surface area (Å²) in [4.78, 5) is 60.6. The molecule has 1 aromatic heterocycles. The number of halogens is 1. The van der Waals surface area contributed by atoms with Crippen LogP contribution in [0.1, 0.15) is 32.0 Å². The van der Waals surface area contributed by atoms with Crippen molar-refractivity contribution in [3.63, 3.8) is 0 Å². The molecule has 6 rings (SSSR count). The SMILES string of the molecule is C[C@@]1(NC(=O)C(=NOCF)c2nsc(N)n2)C(=O)N2C(C(=O)O)=C([N+]34CCC(C(N)=O)(CC3)CC4)CS[C@H]21. The van der Waals surface area contributed by atoms with Gasteiger partial charge in [-0.3, -0.25) is 23.8 Å². The maximum atomic E-state index is 13.5. The van der Waals surface area contributed by atoms with Gasteiger partial charge in [0.15, 0.2) is 16.5 Å². The van der Waals surface area contributed by atoms with Crippen molar-refractivity contribution in [3.05, 3.63) is 17.2 Å². The fourth-order valence-corrected chi connectivity index (χ4v) is 7.86. The first kappa shape index (κ1) is 26.3. The van der Waals surface area contributed by atoms with Gasteiger partial charge in [-0.2, -0.15) is 9.36 Å². The molecule has 2 bridgehead atoms. The number of carbonyl (C=O) groups is 4. The third kappa shape index (κ3) is 3.82. The smallest absolute Gasteiger partial charge is 0.358 e. The molecule has 6 heterocycles. The van der Waals surface area contributed by atoms with E-state index in [0.29, 0.717) is 54.8 Å². The number of carboxylic acids is 1. The average Bonchev–Trinajstić information content (AvgIpc) is 3.34. The number of carbonyl (C=O) groups excluding carboxylic acids is 3. The lowest BCUT2D eigenvalue weighted by Gasteiger charge is -2.59. The monoisotopic (exact) mass is 569 g/mol. The van der Waals surface area contributed by atoms with Gasteiger partial charge < -0.3 is 26.7 Å². The fraction of sp³-hybridized carbons (Fsp3) is 0.571. The van der Waals surface area contributed by atoms with E-state index < -0.39 is 46.7 Å². The number of hydrogen-bond acceptors (Lipinski definition) is 11. The number of primary amides is 1. The minimum absolute atomic E-state index is 0.0421. The van der Waals surface area contributed by atoms with E-state index in [2.05, 4.69) is 24.7 Å². The number of hydrogen-bond donors (Lipinski definition) is 4. The maximum Gasteiger partial charge on any atom is 0.358 e. The number of piperidine rings is 3. The Morgan fingerprint density at radius 3 is 2.50 bits per heavy atom. The molecule has 204 valence electrons. The van der Waals surface area contributed by atoms with Gasteiger partial charge in [0.1, 0.15) is 10.9 Å². The molecule has 38 heavy (non-hydrogen) atoms. The van der Waals surface area contributed by atoms with E-state index in [0.717, 1.165) is 11.5 Å². The van der Waals surface area contributed by atoms with Crippen LogP contribution in [0.2, 0.25) is 0 Å². The number of amides is 3. The molecule has 0 aliphatic carbocycles. The van der Waals surface area contributed by atoms with Crippen LogP contribution in [-0.2, 0) is 24.0 Å². The number of nitrogens with two attached hydrogens (primary N) is 2. The zero-order valence-electron chi connectivity index (χ0n) is 20.3. The van der Waals surface area contributed by atoms with E-state index in [1.807, 2.05) is 0 Å². The van der Waals surface area contributed by atoms with Gasteiger partial charge in [0, 0.05) is 30.8 Å². The Kier molecular flexibility index (Phi) is 6.34. The molecule has 0 saturated carbocycles. The number of aromatic nitrogens is 2. The molecule has 3 amide bonds. The van der Waals surface area contributed by atoms with Crippen LogP contribution < -0.4 is 16.8 Å². The molecule has 0 spiro atoms. The number of nitrogens with zero attached hydrogens (tertiary/aromatic N) is 5. The Balaban J connectivity index is 1.41. The van der Waals surface area contributed by atoms with Gasteiger partial charge in [-0.15, -0.1) is 11.8 Å². The summed E-state index contributed by atoms with van der Waals surface area (Å²) < 4.78 is 16.9. The van der Waals surface area contributed by atoms with Crippen molar-refractivity contribution < 1.29 is 38.0 Å². The van der Waals surface area contributed by atoms with Crippen molar-refractivity contribution in [3.8, 4) is 0 Å². The largest absolute Gasteiger partial charge is 0.476 e. The number of aliphatic carboxylic acids is 1. The Bertz CT molecular complexity index is 1280. The molecule has 0 radical (unpaired) electrons. The predicted molar refractivity (Wildman–Crippen MR) is 133 cm³/mol. The van der Waals surface area contributed by atoms with Gasteiger partial charge in [0.05, 0.1) is 30.8 Å². The molecule has 5 aliphatic heterocycles. The van der Waals surface area contributed by atoms with Crippen LogP contribution in [0.15, 0.2) is 16.5 Å². The Morgan fingerprint density at radius 2 is 1.97 bits per heavy atom. The lowest BCUT2D eigenvalue weighted by atomic mass is 9.69. The summed E-state index contributed by atoms with van der Waals surface area (Å²) >= 11 is 2.13. The number of oxime groups is 1. The molecule has 4 saturated heterocycles. The molecule has 4 fully saturated rings. The normalized spacial score (nSPS) is 32.5. The molecule has 0 aromatic carbocycles. The van der Waals surface area contributed by atoms with Gasteiger partial charge >= 0.3 is 5.97 Å². The van der Waals surface area contributed by atoms with Crippen LogP contribution in [0.3, 0.4) is 0 Å². The van der Waals surface area contributed by atoms with Gasteiger partial charge in [0.2, 0.25) is 17.4 Å². The summed E-state index contributed by atoms with van der Waals surface area (Å²) in [5.74, 6) is -2.96. The maximum absolute atomic E-state index is 13.5. The Labute approximate surface area is 224 Å². The molecule has 14 nitrogen and oxygen atoms in total. The van der Waals surface area contributed by atoms with E-state index in [-0.39, 0.29) is 22.6 Å². The Morgan fingerprint density at radius 1 is 1.32 bits per heavy atom. The number of nitrogen functional groups attached to an aromatic ring is 1. The first-order chi connectivity index (χ1) is 18.0. The number of rotatable bonds is 8. The second-order valence-corrected chi connectivity index (χ2v) is 11.8. The molecule has 5 aliphatic rings. The standard InChI is InChI=1S/C21H25FN8O6S2/c1-20(26-14(31)11(27-36-9-22)13-25-19(24)38-28-13)17(35)29-12(15(32)33)10(8-37-18(20)29)30-5-2-21(3-6-30,4-7-30)16(23)34/h18H,2-9H2,1H3,(H5-,23,24,25,26,28,31,32,33,34)/p+1/t18-,20+,21?,30?/m0/s1. The second kappa shape index (κ2) is 9.16. The molecular formula is C21H26FN8O6S2+. The van der Waals surface area contributed by atoms with Crippen LogP contribution >= 0.6 is 23.3 Å². The molecule has 1 aromatic rings. The predicted octanol–water partition coefficient (Wildman–Crippen LogP) is -0.660. The van der Waals surface area contributed by atoms with Crippen molar-refractivity contribution in [1.82, 2.24) is 19.6 Å². The highest BCUT2D eigenvalue weighted by molar-refractivity contribution is 8.00. The van der Waals surface area contributed by atoms with E-state index in [4.69, 9.17) is 11.5 Å². The zero-order valence-corrected chi connectivity index (χ0v) is 21.9. The van der Waals surface area contributed by atoms with Gasteiger partial charge in [-0.25, -0.2) is 9.18 Å². The summed E-state index contributed by atoms with van der Waals surface area (Å²) in [5, 5.41) is 15.6. The second-order valence-electron chi connectivity index (χ2n) is 9.94. The van der Waals surface area contributed by atoms with Crippen LogP contribution in [0, 0.1) is 5.41 Å². The van der Waals surface area contributed by atoms with Gasteiger partial charge in [-0.1, -0.05) is 5.16 Å². The molecular weight excluding hydrogens is 543 g/mol. The average molecular weight is 570 g/mol. The summed E-state index contributed by atoms with van der Waals surface area (Å²) in [6, 6.07) is 0. The van der Waals surface area contributed by atoms with Crippen molar-refractivity contribution in [1.29, 1.82) is 0 Å². The van der Waals surface area contributed by atoms with Crippen molar-refractivity contribution in [2.24, 2.45) is 16.3 Å². The topological polar surface area (TPSA) is 203 Å². The molecule has 17 heteroatoms. The van der Waals surface area contributed by atoms with Crippen molar-refractivity contribution >= 4 is 57.8 Å². The van der Waals surface area contributed by atoms with E-state index >= 15 is 0 Å². The number of β-lactam (4-membered cyclic amide) rings is 1. The van der Waals surface area contributed by atoms with E-state index in [1.165, 1.54) is 23.6 Å². The lowest BCUT2D eigenvalue weighted by Crippen LogP contribution is -2.79. The minimum atomic E-state index is -1.49. The summed E-state index contributed by atoms with van der Waals surface area (Å²) in [6.45, 7) is 1.87. The lowest BCUT2D eigenvalue weighted by molar-refractivity contribution is -0.909. The number of carboxylic acid groups (broad SMARTS) is 1. The number of alkyl halides is 1. The molecule has 0 unspecified atom stereocenters. The number of quaternary nitrogens is 1. The first-order valence-corrected chi connectivity index (χ1v) is 13.6. The fourth-order valence-electron chi connectivity index (χ4n) is 5.85. The van der Waals surface area contributed by atoms with Crippen molar-refractivity contribution in [2.75, 3.05) is 38.0 Å². The number of anilines is 1. The third-order valence-electron chi connectivity index (χ3n) is 8.08. The van der Waals surface area contributed by atoms with Gasteiger partial charge in [0.25, 0.3) is 18.7 Å². The summed E-state index contributed by atoms with van der Waals surface area (Å²) in [5.41, 5.74) is 9.26. The quantitative estimate of drug-likeness (QED) is 0.135. The Hall–Kier alpha value is -3.31. The number of nitrogens with one attached hydrogen (secondary N) is 1. The van der Waals surface area contributed by atoms with Crippen molar-refractivity contribution in [2.45, 2.75) is 37.1 Å². The first-order valence-electron chi connectivity index (χ1n) is 11.7. The molecule has 2 atom stereocenters. The zero-order chi connectivity index (χ0) is 27.5. The number of thioether (sulfide) groups is 1. The van der Waals surface area contributed by atoms with Gasteiger partial charge in [-0.05, 0) is 6.92 Å². The van der Waals surface area contributed by atoms with E-state index in [1.54, 1.807) is 0 Å².